The number of guanidine groups is 1. The Labute approximate surface area is 140 Å². The number of nitrogens with one attached hydrogen (secondary N) is 2. The second-order valence-electron chi connectivity index (χ2n) is 5.26. The van der Waals surface area contributed by atoms with Crippen molar-refractivity contribution in [1.29, 1.82) is 0 Å². The van der Waals surface area contributed by atoms with E-state index in [0.29, 0.717) is 6.54 Å². The number of hydrogen-bond acceptors (Lipinski definition) is 3. The Bertz CT molecular complexity index is 789. The van der Waals surface area contributed by atoms with Crippen LogP contribution in [0, 0.1) is 0 Å². The van der Waals surface area contributed by atoms with Gasteiger partial charge in [-0.1, -0.05) is 18.2 Å². The van der Waals surface area contributed by atoms with Crippen LogP contribution < -0.4 is 10.6 Å². The predicted molar refractivity (Wildman–Crippen MR) is 96.9 cm³/mol. The van der Waals surface area contributed by atoms with Gasteiger partial charge in [0.1, 0.15) is 5.82 Å². The molecular weight excluding hydrogens is 306 g/mol. The number of imidazole rings is 1. The van der Waals surface area contributed by atoms with E-state index in [9.17, 15) is 0 Å². The van der Waals surface area contributed by atoms with E-state index < -0.39 is 0 Å². The van der Waals surface area contributed by atoms with Gasteiger partial charge in [-0.05, 0) is 30.0 Å². The van der Waals surface area contributed by atoms with Crippen LogP contribution in [0.5, 0.6) is 0 Å². The van der Waals surface area contributed by atoms with Crippen molar-refractivity contribution >= 4 is 28.3 Å². The monoisotopic (exact) mass is 327 g/mol. The van der Waals surface area contributed by atoms with Crippen molar-refractivity contribution in [2.24, 2.45) is 12.0 Å². The molecule has 120 valence electrons. The highest BCUT2D eigenvalue weighted by Gasteiger charge is 2.07. The Morgan fingerprint density at radius 1 is 1.22 bits per heavy atom. The zero-order valence-electron chi connectivity index (χ0n) is 13.4. The van der Waals surface area contributed by atoms with Crippen LogP contribution in [-0.4, -0.2) is 29.1 Å². The second kappa shape index (κ2) is 7.28. The number of para-hydroxylation sites is 2. The lowest BCUT2D eigenvalue weighted by Crippen LogP contribution is -2.38. The summed E-state index contributed by atoms with van der Waals surface area (Å²) >= 11 is 1.78. The molecule has 0 aliphatic rings. The van der Waals surface area contributed by atoms with Gasteiger partial charge in [-0.2, -0.15) is 0 Å². The summed E-state index contributed by atoms with van der Waals surface area (Å²) < 4.78 is 2.11. The van der Waals surface area contributed by atoms with Gasteiger partial charge in [0.25, 0.3) is 0 Å². The number of nitrogens with zero attached hydrogens (tertiary/aromatic N) is 3. The van der Waals surface area contributed by atoms with Crippen molar-refractivity contribution in [3.63, 3.8) is 0 Å². The molecular formula is C17H21N5S. The molecule has 0 saturated heterocycles. The maximum absolute atomic E-state index is 4.66. The molecule has 2 N–H and O–H groups in total. The summed E-state index contributed by atoms with van der Waals surface area (Å²) in [6.07, 6.45) is 1.00. The minimum Gasteiger partial charge on any atom is -0.356 e. The fourth-order valence-electron chi connectivity index (χ4n) is 2.50. The number of rotatable bonds is 5. The molecule has 6 heteroatoms. The molecule has 0 spiro atoms. The lowest BCUT2D eigenvalue weighted by atomic mass is 10.3. The summed E-state index contributed by atoms with van der Waals surface area (Å²) in [5, 5.41) is 8.77. The van der Waals surface area contributed by atoms with Crippen molar-refractivity contribution in [2.75, 3.05) is 13.6 Å². The maximum Gasteiger partial charge on any atom is 0.191 e. The van der Waals surface area contributed by atoms with Crippen LogP contribution >= 0.6 is 11.3 Å². The van der Waals surface area contributed by atoms with Gasteiger partial charge in [0, 0.05) is 25.5 Å². The highest BCUT2D eigenvalue weighted by Crippen LogP contribution is 2.13. The number of thiophene rings is 1. The van der Waals surface area contributed by atoms with E-state index in [0.717, 1.165) is 35.8 Å². The normalized spacial score (nSPS) is 11.8. The third kappa shape index (κ3) is 3.71. The van der Waals surface area contributed by atoms with Crippen LogP contribution in [0.2, 0.25) is 0 Å². The van der Waals surface area contributed by atoms with E-state index in [-0.39, 0.29) is 0 Å². The number of fused-ring (bicyclic) bond motifs is 1. The molecule has 0 fully saturated rings. The molecule has 1 aromatic carbocycles. The first-order valence-corrected chi connectivity index (χ1v) is 8.53. The smallest absolute Gasteiger partial charge is 0.191 e. The van der Waals surface area contributed by atoms with Gasteiger partial charge in [-0.25, -0.2) is 4.98 Å². The molecule has 5 nitrogen and oxygen atoms in total. The first-order valence-electron chi connectivity index (χ1n) is 7.65. The summed E-state index contributed by atoms with van der Waals surface area (Å²) in [5.41, 5.74) is 2.16. The maximum atomic E-state index is 4.66. The van der Waals surface area contributed by atoms with Crippen LogP contribution in [-0.2, 0) is 20.0 Å². The standard InChI is InChI=1S/C17H21N5S/c1-18-17(19-10-9-13-6-5-11-23-13)20-12-16-21-14-7-3-4-8-15(14)22(16)2/h3-8,11H,9-10,12H2,1-2H3,(H2,18,19,20). The molecule has 0 bridgehead atoms. The van der Waals surface area contributed by atoms with E-state index in [1.165, 1.54) is 4.88 Å². The lowest BCUT2D eigenvalue weighted by molar-refractivity contribution is 0.735. The van der Waals surface area contributed by atoms with Crippen molar-refractivity contribution in [3.8, 4) is 0 Å². The summed E-state index contributed by atoms with van der Waals surface area (Å²) in [4.78, 5) is 10.3. The van der Waals surface area contributed by atoms with Crippen molar-refractivity contribution < 1.29 is 0 Å². The zero-order valence-corrected chi connectivity index (χ0v) is 14.2. The molecule has 0 saturated carbocycles. The van der Waals surface area contributed by atoms with Crippen LogP contribution in [0.15, 0.2) is 46.8 Å². The number of benzene rings is 1. The van der Waals surface area contributed by atoms with Gasteiger partial charge in [-0.3, -0.25) is 4.99 Å². The SMILES string of the molecule is CN=C(NCCc1cccs1)NCc1nc2ccccc2n1C. The lowest BCUT2D eigenvalue weighted by Gasteiger charge is -2.11. The van der Waals surface area contributed by atoms with E-state index in [1.807, 2.05) is 25.2 Å². The number of aryl methyl sites for hydroxylation is 1. The molecule has 3 rings (SSSR count). The van der Waals surface area contributed by atoms with Gasteiger partial charge in [0.05, 0.1) is 17.6 Å². The Morgan fingerprint density at radius 3 is 2.83 bits per heavy atom. The molecule has 0 unspecified atom stereocenters. The van der Waals surface area contributed by atoms with Crippen LogP contribution in [0.4, 0.5) is 0 Å². The van der Waals surface area contributed by atoms with Gasteiger partial charge in [0.2, 0.25) is 0 Å². The van der Waals surface area contributed by atoms with Crippen molar-refractivity contribution in [1.82, 2.24) is 20.2 Å². The van der Waals surface area contributed by atoms with E-state index in [2.05, 4.69) is 48.8 Å². The number of hydrogen-bond donors (Lipinski definition) is 2. The third-order valence-electron chi connectivity index (χ3n) is 3.76. The first-order chi connectivity index (χ1) is 11.3. The Hall–Kier alpha value is -2.34. The molecule has 2 aromatic heterocycles. The fourth-order valence-corrected chi connectivity index (χ4v) is 3.20. The summed E-state index contributed by atoms with van der Waals surface area (Å²) in [7, 11) is 3.83. The second-order valence-corrected chi connectivity index (χ2v) is 6.29. The van der Waals surface area contributed by atoms with Gasteiger partial charge < -0.3 is 15.2 Å². The molecule has 3 aromatic rings. The molecule has 0 aliphatic carbocycles. The molecule has 0 aliphatic heterocycles. The van der Waals surface area contributed by atoms with E-state index >= 15 is 0 Å². The third-order valence-corrected chi connectivity index (χ3v) is 4.70. The average Bonchev–Trinajstić information content (AvgIpc) is 3.19. The quantitative estimate of drug-likeness (QED) is 0.559. The molecule has 0 atom stereocenters. The van der Waals surface area contributed by atoms with Crippen molar-refractivity contribution in [3.05, 3.63) is 52.5 Å². The largest absolute Gasteiger partial charge is 0.356 e. The van der Waals surface area contributed by atoms with Gasteiger partial charge in [-0.15, -0.1) is 11.3 Å². The van der Waals surface area contributed by atoms with Crippen molar-refractivity contribution in [2.45, 2.75) is 13.0 Å². The highest BCUT2D eigenvalue weighted by molar-refractivity contribution is 7.09. The summed E-state index contributed by atoms with van der Waals surface area (Å²) in [6.45, 7) is 1.51. The Kier molecular flexibility index (Phi) is 4.92. The molecule has 2 heterocycles. The minimum atomic E-state index is 0.643. The molecule has 23 heavy (non-hydrogen) atoms. The summed E-state index contributed by atoms with van der Waals surface area (Å²) in [5.74, 6) is 1.79. The fraction of sp³-hybridized carbons (Fsp3) is 0.294. The Morgan fingerprint density at radius 2 is 2.09 bits per heavy atom. The van der Waals surface area contributed by atoms with Gasteiger partial charge >= 0.3 is 0 Å². The molecule has 0 radical (unpaired) electrons. The van der Waals surface area contributed by atoms with Crippen LogP contribution in [0.25, 0.3) is 11.0 Å². The summed E-state index contributed by atoms with van der Waals surface area (Å²) in [6, 6.07) is 12.4. The number of aromatic nitrogens is 2. The molecule has 0 amide bonds. The average molecular weight is 327 g/mol. The van der Waals surface area contributed by atoms with E-state index in [4.69, 9.17) is 0 Å². The highest BCUT2D eigenvalue weighted by atomic mass is 32.1. The van der Waals surface area contributed by atoms with Crippen LogP contribution in [0.1, 0.15) is 10.7 Å². The topological polar surface area (TPSA) is 54.2 Å². The number of aliphatic imine (C=N–C) groups is 1. The van der Waals surface area contributed by atoms with Gasteiger partial charge in [0.15, 0.2) is 5.96 Å². The minimum absolute atomic E-state index is 0.643. The predicted octanol–water partition coefficient (Wildman–Crippen LogP) is 2.54. The first kappa shape index (κ1) is 15.6. The Balaban J connectivity index is 1.55. The zero-order chi connectivity index (χ0) is 16.1. The van der Waals surface area contributed by atoms with E-state index in [1.54, 1.807) is 18.4 Å². The van der Waals surface area contributed by atoms with Crippen LogP contribution in [0.3, 0.4) is 0 Å².